The maximum absolute atomic E-state index is 14.6. The lowest BCUT2D eigenvalue weighted by molar-refractivity contribution is 0.0737. The van der Waals surface area contributed by atoms with Crippen molar-refractivity contribution in [1.29, 1.82) is 0 Å². The lowest BCUT2D eigenvalue weighted by atomic mass is 10.1. The molecule has 1 unspecified atom stereocenters. The van der Waals surface area contributed by atoms with Crippen LogP contribution in [-0.2, 0) is 6.61 Å². The zero-order valence-corrected chi connectivity index (χ0v) is 22.0. The number of rotatable bonds is 6. The molecule has 40 heavy (non-hydrogen) atoms. The van der Waals surface area contributed by atoms with Crippen LogP contribution in [0.2, 0.25) is 0 Å². The van der Waals surface area contributed by atoms with Crippen LogP contribution in [0.15, 0.2) is 90.0 Å². The average Bonchev–Trinajstić information content (AvgIpc) is 3.56. The zero-order chi connectivity index (χ0) is 27.8. The van der Waals surface area contributed by atoms with E-state index in [4.69, 9.17) is 4.74 Å². The third-order valence-electron chi connectivity index (χ3n) is 6.04. The Bertz CT molecular complexity index is 1720. The second kappa shape index (κ2) is 10.7. The standard InChI is InChI=1S/C29H17F4N3O2S2/c30-17-11-9-16(10-12-17)27-35-36(28(37)26-20(32)13-18(31)14-21(26)33)29(40-27)19-5-1-3-7-23(19)38-15-25-34-22-6-2-4-8-24(22)39-25/h1-14,29H,15H2. The maximum atomic E-state index is 14.6. The fourth-order valence-electron chi connectivity index (χ4n) is 4.19. The number of para-hydroxylation sites is 2. The largest absolute Gasteiger partial charge is 0.486 e. The number of benzene rings is 4. The minimum absolute atomic E-state index is 0.147. The molecule has 0 aliphatic carbocycles. The van der Waals surface area contributed by atoms with Crippen molar-refractivity contribution >= 4 is 44.3 Å². The number of nitrogens with zero attached hydrogens (tertiary/aromatic N) is 3. The zero-order valence-electron chi connectivity index (χ0n) is 20.4. The second-order valence-electron chi connectivity index (χ2n) is 8.68. The topological polar surface area (TPSA) is 54.8 Å². The fourth-order valence-corrected chi connectivity index (χ4v) is 6.26. The van der Waals surface area contributed by atoms with E-state index in [1.54, 1.807) is 24.3 Å². The molecule has 2 heterocycles. The summed E-state index contributed by atoms with van der Waals surface area (Å²) >= 11 is 2.62. The van der Waals surface area contributed by atoms with Gasteiger partial charge in [-0.3, -0.25) is 4.79 Å². The Hall–Kier alpha value is -4.22. The third kappa shape index (κ3) is 5.05. The van der Waals surface area contributed by atoms with Crippen LogP contribution in [0.1, 0.15) is 31.9 Å². The van der Waals surface area contributed by atoms with Gasteiger partial charge in [-0.15, -0.1) is 11.3 Å². The molecule has 1 atom stereocenters. The smallest absolute Gasteiger partial charge is 0.281 e. The molecule has 1 amide bonds. The van der Waals surface area contributed by atoms with Crippen molar-refractivity contribution in [3.63, 3.8) is 0 Å². The summed E-state index contributed by atoms with van der Waals surface area (Å²) in [5, 5.41) is 5.46. The lowest BCUT2D eigenvalue weighted by Crippen LogP contribution is -2.28. The summed E-state index contributed by atoms with van der Waals surface area (Å²) in [6, 6.07) is 20.9. The summed E-state index contributed by atoms with van der Waals surface area (Å²) in [4.78, 5) is 18.1. The number of thioether (sulfide) groups is 1. The molecule has 0 fully saturated rings. The van der Waals surface area contributed by atoms with Gasteiger partial charge < -0.3 is 4.74 Å². The highest BCUT2D eigenvalue weighted by Crippen LogP contribution is 2.45. The van der Waals surface area contributed by atoms with Crippen molar-refractivity contribution in [3.05, 3.63) is 130 Å². The number of hydrazone groups is 1. The number of carbonyl (C=O) groups is 1. The van der Waals surface area contributed by atoms with Crippen LogP contribution in [-0.4, -0.2) is 20.9 Å². The highest BCUT2D eigenvalue weighted by atomic mass is 32.2. The van der Waals surface area contributed by atoms with Crippen LogP contribution in [0.4, 0.5) is 17.6 Å². The molecule has 6 rings (SSSR count). The predicted molar refractivity (Wildman–Crippen MR) is 146 cm³/mol. The molecule has 4 aromatic carbocycles. The number of carbonyl (C=O) groups excluding carboxylic acids is 1. The van der Waals surface area contributed by atoms with Crippen molar-refractivity contribution in [2.24, 2.45) is 5.10 Å². The first-order valence-electron chi connectivity index (χ1n) is 11.9. The number of hydrogen-bond acceptors (Lipinski definition) is 6. The number of amides is 1. The van der Waals surface area contributed by atoms with Crippen molar-refractivity contribution in [2.45, 2.75) is 12.0 Å². The fraction of sp³-hybridized carbons (Fsp3) is 0.0690. The third-order valence-corrected chi connectivity index (χ3v) is 8.27. The molecule has 0 bridgehead atoms. The molecule has 0 saturated heterocycles. The second-order valence-corrected chi connectivity index (χ2v) is 10.9. The summed E-state index contributed by atoms with van der Waals surface area (Å²) in [7, 11) is 0. The van der Waals surface area contributed by atoms with Gasteiger partial charge in [0.1, 0.15) is 56.6 Å². The first-order chi connectivity index (χ1) is 19.4. The van der Waals surface area contributed by atoms with E-state index >= 15 is 0 Å². The Labute approximate surface area is 233 Å². The van der Waals surface area contributed by atoms with Crippen molar-refractivity contribution in [1.82, 2.24) is 9.99 Å². The molecular weight excluding hydrogens is 562 g/mol. The highest BCUT2D eigenvalue weighted by Gasteiger charge is 2.38. The SMILES string of the molecule is O=C(c1c(F)cc(F)cc1F)N1N=C(c2ccc(F)cc2)SC1c1ccccc1OCc1nc2ccccc2s1. The van der Waals surface area contributed by atoms with Gasteiger partial charge in [-0.1, -0.05) is 42.1 Å². The van der Waals surface area contributed by atoms with Crippen molar-refractivity contribution in [2.75, 3.05) is 0 Å². The van der Waals surface area contributed by atoms with Crippen LogP contribution in [0.3, 0.4) is 0 Å². The van der Waals surface area contributed by atoms with E-state index in [9.17, 15) is 22.4 Å². The number of halogens is 4. The van der Waals surface area contributed by atoms with Crippen LogP contribution in [0, 0.1) is 23.3 Å². The Morgan fingerprint density at radius 2 is 1.57 bits per heavy atom. The van der Waals surface area contributed by atoms with E-state index in [1.807, 2.05) is 24.3 Å². The monoisotopic (exact) mass is 579 g/mol. The van der Waals surface area contributed by atoms with Gasteiger partial charge in [-0.25, -0.2) is 27.6 Å². The first-order valence-corrected chi connectivity index (χ1v) is 13.6. The number of aromatic nitrogens is 1. The van der Waals surface area contributed by atoms with Gasteiger partial charge in [-0.05, 0) is 42.5 Å². The molecule has 0 N–H and O–H groups in total. The summed E-state index contributed by atoms with van der Waals surface area (Å²) in [6.45, 7) is 0.147. The molecule has 5 nitrogen and oxygen atoms in total. The van der Waals surface area contributed by atoms with E-state index in [2.05, 4.69) is 10.1 Å². The minimum atomic E-state index is -1.35. The molecule has 200 valence electrons. The highest BCUT2D eigenvalue weighted by molar-refractivity contribution is 8.14. The summed E-state index contributed by atoms with van der Waals surface area (Å²) in [5.74, 6) is -5.00. The molecule has 11 heteroatoms. The summed E-state index contributed by atoms with van der Waals surface area (Å²) in [6.07, 6.45) is 0. The van der Waals surface area contributed by atoms with Gasteiger partial charge in [0.05, 0.1) is 10.2 Å². The molecule has 0 radical (unpaired) electrons. The van der Waals surface area contributed by atoms with Gasteiger partial charge in [-0.2, -0.15) is 5.10 Å². The molecule has 5 aromatic rings. The Morgan fingerprint density at radius 3 is 2.33 bits per heavy atom. The van der Waals surface area contributed by atoms with Gasteiger partial charge in [0.15, 0.2) is 0 Å². The molecule has 1 aliphatic heterocycles. The average molecular weight is 580 g/mol. The number of hydrogen-bond donors (Lipinski definition) is 0. The van der Waals surface area contributed by atoms with Gasteiger partial charge in [0, 0.05) is 23.3 Å². The van der Waals surface area contributed by atoms with Crippen molar-refractivity contribution in [3.8, 4) is 5.75 Å². The van der Waals surface area contributed by atoms with E-state index in [0.29, 0.717) is 34.1 Å². The van der Waals surface area contributed by atoms with Gasteiger partial charge in [0.2, 0.25) is 0 Å². The van der Waals surface area contributed by atoms with Gasteiger partial charge >= 0.3 is 0 Å². The maximum Gasteiger partial charge on any atom is 0.281 e. The molecular formula is C29H17F4N3O2S2. The quantitative estimate of drug-likeness (QED) is 0.194. The Kier molecular flexibility index (Phi) is 6.99. The Balaban J connectivity index is 1.36. The lowest BCUT2D eigenvalue weighted by Gasteiger charge is -2.23. The molecule has 1 aliphatic rings. The first kappa shape index (κ1) is 26.0. The Morgan fingerprint density at radius 1 is 0.875 bits per heavy atom. The van der Waals surface area contributed by atoms with Gasteiger partial charge in [0.25, 0.3) is 5.91 Å². The summed E-state index contributed by atoms with van der Waals surface area (Å²) in [5.41, 5.74) is 0.914. The summed E-state index contributed by atoms with van der Waals surface area (Å²) < 4.78 is 63.5. The van der Waals surface area contributed by atoms with E-state index in [-0.39, 0.29) is 6.61 Å². The van der Waals surface area contributed by atoms with E-state index in [0.717, 1.165) is 32.0 Å². The normalized spacial score (nSPS) is 14.9. The van der Waals surface area contributed by atoms with Crippen molar-refractivity contribution < 1.29 is 27.1 Å². The predicted octanol–water partition coefficient (Wildman–Crippen LogP) is 7.68. The van der Waals surface area contributed by atoms with Crippen LogP contribution >= 0.6 is 23.1 Å². The number of fused-ring (bicyclic) bond motifs is 1. The molecule has 0 spiro atoms. The van der Waals surface area contributed by atoms with E-state index < -0.39 is 40.1 Å². The molecule has 0 saturated carbocycles. The molecule has 1 aromatic heterocycles. The minimum Gasteiger partial charge on any atom is -0.486 e. The number of ether oxygens (including phenoxy) is 1. The number of thiazole rings is 1. The van der Waals surface area contributed by atoms with Crippen LogP contribution in [0.25, 0.3) is 10.2 Å². The van der Waals surface area contributed by atoms with Crippen LogP contribution < -0.4 is 4.74 Å². The van der Waals surface area contributed by atoms with Crippen LogP contribution in [0.5, 0.6) is 5.75 Å². The van der Waals surface area contributed by atoms with E-state index in [1.165, 1.54) is 35.6 Å².